The van der Waals surface area contributed by atoms with E-state index >= 15 is 0 Å². The molecule has 0 atom stereocenters. The Labute approximate surface area is 108 Å². The minimum atomic E-state index is -3.39. The smallest absolute Gasteiger partial charge is 0.243 e. The lowest BCUT2D eigenvalue weighted by atomic mass is 10.1. The number of aliphatic hydroxyl groups excluding tert-OH is 1. The van der Waals surface area contributed by atoms with Crippen LogP contribution in [0.5, 0.6) is 0 Å². The summed E-state index contributed by atoms with van der Waals surface area (Å²) in [6.07, 6.45) is 2.54. The molecule has 1 aromatic carbocycles. The molecule has 1 aliphatic rings. The number of nitrogens with zero attached hydrogens (tertiary/aromatic N) is 1. The molecule has 1 aromatic rings. The summed E-state index contributed by atoms with van der Waals surface area (Å²) in [5, 5.41) is 9.15. The first-order valence-corrected chi connectivity index (χ1v) is 7.76. The molecule has 1 saturated heterocycles. The van der Waals surface area contributed by atoms with Crippen molar-refractivity contribution >= 4 is 10.0 Å². The van der Waals surface area contributed by atoms with E-state index in [0.717, 1.165) is 18.4 Å². The fourth-order valence-corrected chi connectivity index (χ4v) is 4.16. The van der Waals surface area contributed by atoms with Gasteiger partial charge in [-0.05, 0) is 36.5 Å². The first-order valence-electron chi connectivity index (χ1n) is 6.32. The Morgan fingerprint density at radius 2 is 1.94 bits per heavy atom. The van der Waals surface area contributed by atoms with Crippen LogP contribution in [0.1, 0.15) is 30.9 Å². The van der Waals surface area contributed by atoms with Gasteiger partial charge in [-0.3, -0.25) is 0 Å². The lowest BCUT2D eigenvalue weighted by molar-refractivity contribution is 0.281. The second kappa shape index (κ2) is 5.38. The minimum absolute atomic E-state index is 0.132. The molecule has 100 valence electrons. The van der Waals surface area contributed by atoms with Crippen LogP contribution in [0.2, 0.25) is 0 Å². The van der Waals surface area contributed by atoms with Gasteiger partial charge in [0.2, 0.25) is 10.0 Å². The second-order valence-electron chi connectivity index (χ2n) is 4.56. The predicted molar refractivity (Wildman–Crippen MR) is 69.7 cm³/mol. The van der Waals surface area contributed by atoms with E-state index in [2.05, 4.69) is 0 Å². The molecule has 18 heavy (non-hydrogen) atoms. The Morgan fingerprint density at radius 1 is 1.28 bits per heavy atom. The molecule has 2 rings (SSSR count). The van der Waals surface area contributed by atoms with Crippen molar-refractivity contribution in [3.8, 4) is 0 Å². The zero-order valence-corrected chi connectivity index (χ0v) is 11.4. The third kappa shape index (κ3) is 2.43. The van der Waals surface area contributed by atoms with Gasteiger partial charge in [0.25, 0.3) is 0 Å². The van der Waals surface area contributed by atoms with Gasteiger partial charge in [0.1, 0.15) is 0 Å². The van der Waals surface area contributed by atoms with Gasteiger partial charge < -0.3 is 5.11 Å². The van der Waals surface area contributed by atoms with Crippen molar-refractivity contribution in [2.75, 3.05) is 13.1 Å². The van der Waals surface area contributed by atoms with E-state index in [1.165, 1.54) is 0 Å². The van der Waals surface area contributed by atoms with Gasteiger partial charge in [0, 0.05) is 13.1 Å². The van der Waals surface area contributed by atoms with E-state index in [0.29, 0.717) is 30.0 Å². The molecule has 0 amide bonds. The summed E-state index contributed by atoms with van der Waals surface area (Å²) in [5.74, 6) is 0. The summed E-state index contributed by atoms with van der Waals surface area (Å²) in [4.78, 5) is 0.360. The molecule has 4 nitrogen and oxygen atoms in total. The highest BCUT2D eigenvalue weighted by Crippen LogP contribution is 2.25. The maximum atomic E-state index is 12.5. The monoisotopic (exact) mass is 269 g/mol. The van der Waals surface area contributed by atoms with E-state index in [4.69, 9.17) is 5.11 Å². The molecule has 1 heterocycles. The van der Waals surface area contributed by atoms with Gasteiger partial charge in [-0.1, -0.05) is 19.1 Å². The number of benzene rings is 1. The Kier molecular flexibility index (Phi) is 4.04. The number of hydrogen-bond acceptors (Lipinski definition) is 3. The van der Waals surface area contributed by atoms with Crippen LogP contribution in [0.4, 0.5) is 0 Å². The highest BCUT2D eigenvalue weighted by molar-refractivity contribution is 7.89. The highest BCUT2D eigenvalue weighted by atomic mass is 32.2. The number of aryl methyl sites for hydroxylation is 1. The third-order valence-corrected chi connectivity index (χ3v) is 5.36. The number of rotatable bonds is 4. The molecule has 5 heteroatoms. The Morgan fingerprint density at radius 3 is 2.50 bits per heavy atom. The van der Waals surface area contributed by atoms with Crippen molar-refractivity contribution in [2.45, 2.75) is 37.7 Å². The third-order valence-electron chi connectivity index (χ3n) is 3.38. The van der Waals surface area contributed by atoms with Crippen LogP contribution in [-0.2, 0) is 23.1 Å². The summed E-state index contributed by atoms with van der Waals surface area (Å²) >= 11 is 0. The number of aliphatic hydroxyl groups is 1. The van der Waals surface area contributed by atoms with Crippen molar-refractivity contribution in [3.05, 3.63) is 29.3 Å². The van der Waals surface area contributed by atoms with Crippen molar-refractivity contribution in [1.82, 2.24) is 4.31 Å². The maximum Gasteiger partial charge on any atom is 0.243 e. The first-order chi connectivity index (χ1) is 8.59. The van der Waals surface area contributed by atoms with Gasteiger partial charge in [-0.25, -0.2) is 8.42 Å². The molecular formula is C13H19NO3S. The van der Waals surface area contributed by atoms with Crippen LogP contribution in [0, 0.1) is 0 Å². The van der Waals surface area contributed by atoms with Crippen LogP contribution in [0.25, 0.3) is 0 Å². The SMILES string of the molecule is CCc1ccc(CO)cc1S(=O)(=O)N1CCCC1. The van der Waals surface area contributed by atoms with E-state index in [9.17, 15) is 8.42 Å². The largest absolute Gasteiger partial charge is 0.392 e. The van der Waals surface area contributed by atoms with Crippen molar-refractivity contribution in [1.29, 1.82) is 0 Å². The van der Waals surface area contributed by atoms with E-state index < -0.39 is 10.0 Å². The lowest BCUT2D eigenvalue weighted by Crippen LogP contribution is -2.28. The zero-order chi connectivity index (χ0) is 13.2. The summed E-state index contributed by atoms with van der Waals surface area (Å²) in [5.41, 5.74) is 1.46. The molecule has 0 aliphatic carbocycles. The fourth-order valence-electron chi connectivity index (χ4n) is 2.30. The van der Waals surface area contributed by atoms with Crippen LogP contribution in [-0.4, -0.2) is 30.9 Å². The van der Waals surface area contributed by atoms with E-state index in [1.807, 2.05) is 6.92 Å². The standard InChI is InChI=1S/C13H19NO3S/c1-2-12-6-5-11(10-15)9-13(12)18(16,17)14-7-3-4-8-14/h5-6,9,15H,2-4,7-8,10H2,1H3. The molecular weight excluding hydrogens is 250 g/mol. The molecule has 0 saturated carbocycles. The predicted octanol–water partition coefficient (Wildman–Crippen LogP) is 1.53. The Balaban J connectivity index is 2.47. The quantitative estimate of drug-likeness (QED) is 0.901. The first kappa shape index (κ1) is 13.5. The summed E-state index contributed by atoms with van der Waals surface area (Å²) < 4.78 is 26.6. The average Bonchev–Trinajstić information content (AvgIpc) is 2.92. The molecule has 1 aliphatic heterocycles. The van der Waals surface area contributed by atoms with Crippen molar-refractivity contribution in [2.24, 2.45) is 0 Å². The van der Waals surface area contributed by atoms with Gasteiger partial charge in [0.15, 0.2) is 0 Å². The van der Waals surface area contributed by atoms with Gasteiger partial charge in [-0.15, -0.1) is 0 Å². The zero-order valence-electron chi connectivity index (χ0n) is 10.6. The number of sulfonamides is 1. The maximum absolute atomic E-state index is 12.5. The molecule has 0 radical (unpaired) electrons. The van der Waals surface area contributed by atoms with Crippen LogP contribution >= 0.6 is 0 Å². The van der Waals surface area contributed by atoms with Crippen LogP contribution in [0.15, 0.2) is 23.1 Å². The normalized spacial score (nSPS) is 17.2. The molecule has 0 bridgehead atoms. The lowest BCUT2D eigenvalue weighted by Gasteiger charge is -2.18. The van der Waals surface area contributed by atoms with Crippen LogP contribution in [0.3, 0.4) is 0 Å². The Hall–Kier alpha value is -0.910. The van der Waals surface area contributed by atoms with Crippen molar-refractivity contribution in [3.63, 3.8) is 0 Å². The van der Waals surface area contributed by atoms with E-state index in [1.54, 1.807) is 22.5 Å². The number of hydrogen-bond donors (Lipinski definition) is 1. The summed E-state index contributed by atoms with van der Waals surface area (Å²) in [6.45, 7) is 3.02. The molecule has 0 aromatic heterocycles. The van der Waals surface area contributed by atoms with E-state index in [-0.39, 0.29) is 6.61 Å². The average molecular weight is 269 g/mol. The highest BCUT2D eigenvalue weighted by Gasteiger charge is 2.28. The summed E-state index contributed by atoms with van der Waals surface area (Å²) in [7, 11) is -3.39. The van der Waals surface area contributed by atoms with Gasteiger partial charge in [-0.2, -0.15) is 4.31 Å². The molecule has 1 fully saturated rings. The molecule has 0 unspecified atom stereocenters. The topological polar surface area (TPSA) is 57.6 Å². The molecule has 0 spiro atoms. The van der Waals surface area contributed by atoms with Gasteiger partial charge >= 0.3 is 0 Å². The fraction of sp³-hybridized carbons (Fsp3) is 0.538. The van der Waals surface area contributed by atoms with Crippen molar-refractivity contribution < 1.29 is 13.5 Å². The Bertz CT molecular complexity index is 519. The summed E-state index contributed by atoms with van der Waals surface area (Å²) in [6, 6.07) is 5.18. The van der Waals surface area contributed by atoms with Crippen LogP contribution < -0.4 is 0 Å². The minimum Gasteiger partial charge on any atom is -0.392 e. The second-order valence-corrected chi connectivity index (χ2v) is 6.47. The van der Waals surface area contributed by atoms with Gasteiger partial charge in [0.05, 0.1) is 11.5 Å². The molecule has 1 N–H and O–H groups in total.